The Hall–Kier alpha value is -2.01. The van der Waals surface area contributed by atoms with E-state index in [0.717, 1.165) is 43.4 Å². The van der Waals surface area contributed by atoms with Crippen molar-refractivity contribution in [2.24, 2.45) is 0 Å². The third-order valence-electron chi connectivity index (χ3n) is 4.99. The van der Waals surface area contributed by atoms with Gasteiger partial charge in [0, 0.05) is 56.0 Å². The smallest absolute Gasteiger partial charge is 0.223 e. The number of pyridine rings is 1. The van der Waals surface area contributed by atoms with Gasteiger partial charge in [-0.1, -0.05) is 18.2 Å². The van der Waals surface area contributed by atoms with E-state index in [1.54, 1.807) is 11.8 Å². The van der Waals surface area contributed by atoms with Gasteiger partial charge in [-0.25, -0.2) is 0 Å². The van der Waals surface area contributed by atoms with E-state index in [1.807, 2.05) is 29.3 Å². The van der Waals surface area contributed by atoms with Crippen LogP contribution in [-0.2, 0) is 10.5 Å². The number of carbonyl (C=O) groups excluding carboxylic acids is 1. The highest BCUT2D eigenvalue weighted by Crippen LogP contribution is 2.24. The highest BCUT2D eigenvalue weighted by atomic mass is 32.2. The molecule has 2 heterocycles. The third-order valence-corrected chi connectivity index (χ3v) is 5.98. The van der Waals surface area contributed by atoms with Crippen molar-refractivity contribution in [3.05, 3.63) is 59.4 Å². The molecule has 3 rings (SSSR count). The number of aryl methyl sites for hydroxylation is 1. The largest absolute Gasteiger partial charge is 0.368 e. The molecule has 0 atom stereocenters. The first-order valence-electron chi connectivity index (χ1n) is 9.22. The number of rotatable bonds is 6. The van der Waals surface area contributed by atoms with Crippen molar-refractivity contribution >= 4 is 23.4 Å². The molecular weight excluding hydrogens is 342 g/mol. The Morgan fingerprint density at radius 3 is 2.62 bits per heavy atom. The molecule has 138 valence electrons. The summed E-state index contributed by atoms with van der Waals surface area (Å²) in [6.45, 7) is 7.80. The van der Waals surface area contributed by atoms with Crippen LogP contribution in [0.5, 0.6) is 0 Å². The van der Waals surface area contributed by atoms with Crippen LogP contribution in [0, 0.1) is 13.8 Å². The summed E-state index contributed by atoms with van der Waals surface area (Å²) < 4.78 is 0. The maximum absolute atomic E-state index is 12.5. The van der Waals surface area contributed by atoms with Crippen molar-refractivity contribution in [1.82, 2.24) is 9.88 Å². The van der Waals surface area contributed by atoms with Gasteiger partial charge < -0.3 is 9.80 Å². The normalized spacial score (nSPS) is 14.5. The summed E-state index contributed by atoms with van der Waals surface area (Å²) in [5.41, 5.74) is 5.05. The van der Waals surface area contributed by atoms with Gasteiger partial charge in [-0.2, -0.15) is 11.8 Å². The van der Waals surface area contributed by atoms with E-state index in [0.29, 0.717) is 6.42 Å². The second-order valence-electron chi connectivity index (χ2n) is 6.71. The molecule has 0 radical (unpaired) electrons. The molecule has 1 aromatic carbocycles. The van der Waals surface area contributed by atoms with Crippen LogP contribution in [0.1, 0.15) is 23.2 Å². The van der Waals surface area contributed by atoms with Gasteiger partial charge in [0.1, 0.15) is 0 Å². The summed E-state index contributed by atoms with van der Waals surface area (Å²) in [6, 6.07) is 12.4. The molecular formula is C21H27N3OS. The Morgan fingerprint density at radius 1 is 1.08 bits per heavy atom. The van der Waals surface area contributed by atoms with Gasteiger partial charge in [0.15, 0.2) is 0 Å². The average Bonchev–Trinajstić information content (AvgIpc) is 2.68. The van der Waals surface area contributed by atoms with E-state index in [-0.39, 0.29) is 5.91 Å². The van der Waals surface area contributed by atoms with Gasteiger partial charge in [0.25, 0.3) is 0 Å². The minimum absolute atomic E-state index is 0.277. The summed E-state index contributed by atoms with van der Waals surface area (Å²) in [6.07, 6.45) is 2.43. The lowest BCUT2D eigenvalue weighted by molar-refractivity contribution is -0.131. The summed E-state index contributed by atoms with van der Waals surface area (Å²) in [4.78, 5) is 21.2. The zero-order valence-corrected chi connectivity index (χ0v) is 16.5. The van der Waals surface area contributed by atoms with Crippen LogP contribution in [-0.4, -0.2) is 47.7 Å². The molecule has 0 unspecified atom stereocenters. The number of aromatic nitrogens is 1. The second-order valence-corrected chi connectivity index (χ2v) is 7.82. The van der Waals surface area contributed by atoms with Crippen molar-refractivity contribution in [2.75, 3.05) is 36.8 Å². The fourth-order valence-corrected chi connectivity index (χ4v) is 4.10. The molecule has 0 spiro atoms. The maximum Gasteiger partial charge on any atom is 0.223 e. The molecule has 0 bridgehead atoms. The van der Waals surface area contributed by atoms with E-state index < -0.39 is 0 Å². The number of carbonyl (C=O) groups is 1. The van der Waals surface area contributed by atoms with Gasteiger partial charge in [0.05, 0.1) is 5.69 Å². The van der Waals surface area contributed by atoms with Gasteiger partial charge in [0.2, 0.25) is 5.91 Å². The van der Waals surface area contributed by atoms with E-state index in [9.17, 15) is 4.79 Å². The van der Waals surface area contributed by atoms with Crippen molar-refractivity contribution < 1.29 is 4.79 Å². The molecule has 0 aliphatic carbocycles. The zero-order chi connectivity index (χ0) is 18.4. The Morgan fingerprint density at radius 2 is 1.88 bits per heavy atom. The van der Waals surface area contributed by atoms with Crippen LogP contribution < -0.4 is 4.90 Å². The summed E-state index contributed by atoms with van der Waals surface area (Å²) in [7, 11) is 0. The molecule has 2 aromatic rings. The lowest BCUT2D eigenvalue weighted by Crippen LogP contribution is -2.49. The van der Waals surface area contributed by atoms with Crippen LogP contribution in [0.2, 0.25) is 0 Å². The average molecular weight is 370 g/mol. The molecule has 1 amide bonds. The van der Waals surface area contributed by atoms with E-state index in [4.69, 9.17) is 0 Å². The first kappa shape index (κ1) is 18.8. The number of piperazine rings is 1. The van der Waals surface area contributed by atoms with Crippen molar-refractivity contribution in [3.8, 4) is 0 Å². The summed E-state index contributed by atoms with van der Waals surface area (Å²) in [5.74, 6) is 2.00. The number of nitrogens with zero attached hydrogens (tertiary/aromatic N) is 3. The highest BCUT2D eigenvalue weighted by Gasteiger charge is 2.21. The number of hydrogen-bond acceptors (Lipinski definition) is 4. The number of benzene rings is 1. The lowest BCUT2D eigenvalue weighted by atomic mass is 10.1. The molecule has 1 aromatic heterocycles. The van der Waals surface area contributed by atoms with Crippen LogP contribution >= 0.6 is 11.8 Å². The van der Waals surface area contributed by atoms with Crippen LogP contribution in [0.15, 0.2) is 42.6 Å². The number of hydrogen-bond donors (Lipinski definition) is 0. The summed E-state index contributed by atoms with van der Waals surface area (Å²) in [5, 5.41) is 0. The Labute approximate surface area is 160 Å². The fourth-order valence-electron chi connectivity index (χ4n) is 3.25. The Kier molecular flexibility index (Phi) is 6.56. The molecule has 0 N–H and O–H groups in total. The van der Waals surface area contributed by atoms with Crippen LogP contribution in [0.25, 0.3) is 0 Å². The minimum Gasteiger partial charge on any atom is -0.368 e. The van der Waals surface area contributed by atoms with Crippen LogP contribution in [0.4, 0.5) is 5.69 Å². The van der Waals surface area contributed by atoms with Crippen molar-refractivity contribution in [3.63, 3.8) is 0 Å². The fraction of sp³-hybridized carbons (Fsp3) is 0.429. The first-order chi connectivity index (χ1) is 12.6. The summed E-state index contributed by atoms with van der Waals surface area (Å²) >= 11 is 1.78. The van der Waals surface area contributed by atoms with Gasteiger partial charge in [-0.05, 0) is 43.2 Å². The number of thioether (sulfide) groups is 1. The molecule has 1 fully saturated rings. The zero-order valence-electron chi connectivity index (χ0n) is 15.6. The minimum atomic E-state index is 0.277. The van der Waals surface area contributed by atoms with E-state index in [2.05, 4.69) is 41.9 Å². The molecule has 1 saturated heterocycles. The van der Waals surface area contributed by atoms with Gasteiger partial charge >= 0.3 is 0 Å². The molecule has 0 saturated carbocycles. The van der Waals surface area contributed by atoms with Crippen LogP contribution in [0.3, 0.4) is 0 Å². The molecule has 1 aliphatic heterocycles. The molecule has 4 nitrogen and oxygen atoms in total. The van der Waals surface area contributed by atoms with Crippen molar-refractivity contribution in [2.45, 2.75) is 26.0 Å². The predicted molar refractivity (Wildman–Crippen MR) is 110 cm³/mol. The van der Waals surface area contributed by atoms with E-state index in [1.165, 1.54) is 16.8 Å². The van der Waals surface area contributed by atoms with Crippen molar-refractivity contribution in [1.29, 1.82) is 0 Å². The molecule has 1 aliphatic rings. The Balaban J connectivity index is 1.41. The van der Waals surface area contributed by atoms with Gasteiger partial charge in [-0.15, -0.1) is 0 Å². The second kappa shape index (κ2) is 9.08. The quantitative estimate of drug-likeness (QED) is 0.728. The standard InChI is InChI=1S/C21H27N3OS/c1-17-6-5-8-20(18(17)2)23-11-13-24(14-12-23)21(25)9-15-26-16-19-7-3-4-10-22-19/h3-8,10H,9,11-16H2,1-2H3. The van der Waals surface area contributed by atoms with E-state index >= 15 is 0 Å². The number of anilines is 1. The number of amides is 1. The monoisotopic (exact) mass is 369 g/mol. The SMILES string of the molecule is Cc1cccc(N2CCN(C(=O)CCSCc3ccccn3)CC2)c1C. The lowest BCUT2D eigenvalue weighted by Gasteiger charge is -2.37. The predicted octanol–water partition coefficient (Wildman–Crippen LogP) is 3.67. The molecule has 26 heavy (non-hydrogen) atoms. The highest BCUT2D eigenvalue weighted by molar-refractivity contribution is 7.98. The topological polar surface area (TPSA) is 36.4 Å². The third kappa shape index (κ3) is 4.79. The Bertz CT molecular complexity index is 727. The van der Waals surface area contributed by atoms with Gasteiger partial charge in [-0.3, -0.25) is 9.78 Å². The maximum atomic E-state index is 12.5. The first-order valence-corrected chi connectivity index (χ1v) is 10.4. The molecule has 5 heteroatoms.